The molecule has 0 saturated heterocycles. The van der Waals surface area contributed by atoms with Crippen LogP contribution in [0.2, 0.25) is 0 Å². The summed E-state index contributed by atoms with van der Waals surface area (Å²) < 4.78 is 12.4. The van der Waals surface area contributed by atoms with Crippen LogP contribution in [0.25, 0.3) is 22.4 Å². The Balaban J connectivity index is 1.30. The minimum atomic E-state index is -0.160. The van der Waals surface area contributed by atoms with Crippen LogP contribution in [0.3, 0.4) is 0 Å². The second-order valence-corrected chi connectivity index (χ2v) is 7.25. The zero-order valence-electron chi connectivity index (χ0n) is 16.9. The lowest BCUT2D eigenvalue weighted by molar-refractivity contribution is 0.0950. The molecule has 7 heteroatoms. The molecule has 0 bridgehead atoms. The largest absolute Gasteiger partial charge is 0.454 e. The molecule has 1 aliphatic heterocycles. The fourth-order valence-corrected chi connectivity index (χ4v) is 3.55. The highest BCUT2D eigenvalue weighted by Crippen LogP contribution is 2.33. The van der Waals surface area contributed by atoms with Crippen molar-refractivity contribution in [2.75, 3.05) is 6.79 Å². The molecule has 3 heterocycles. The van der Waals surface area contributed by atoms with E-state index in [1.165, 1.54) is 0 Å². The van der Waals surface area contributed by atoms with Gasteiger partial charge in [-0.1, -0.05) is 24.3 Å². The van der Waals surface area contributed by atoms with Gasteiger partial charge in [-0.15, -0.1) is 0 Å². The predicted molar refractivity (Wildman–Crippen MR) is 116 cm³/mol. The quantitative estimate of drug-likeness (QED) is 0.539. The monoisotopic (exact) mass is 412 g/mol. The Bertz CT molecular complexity index is 1230. The van der Waals surface area contributed by atoms with E-state index in [4.69, 9.17) is 9.47 Å². The normalized spacial score (nSPS) is 12.0. The summed E-state index contributed by atoms with van der Waals surface area (Å²) in [5, 5.41) is 7.58. The van der Waals surface area contributed by atoms with Crippen LogP contribution < -0.4 is 14.8 Å². The SMILES string of the molecule is Cn1cc(-c2ccncc2)c(-c2ccc(CNC(=O)c3ccc4c(c3)OCO4)cc2)n1. The van der Waals surface area contributed by atoms with Crippen LogP contribution in [0, 0.1) is 0 Å². The summed E-state index contributed by atoms with van der Waals surface area (Å²) in [5.41, 5.74) is 5.57. The second kappa shape index (κ2) is 7.95. The number of benzene rings is 2. The van der Waals surface area contributed by atoms with Crippen LogP contribution >= 0.6 is 0 Å². The van der Waals surface area contributed by atoms with E-state index in [2.05, 4.69) is 15.4 Å². The van der Waals surface area contributed by atoms with Crippen molar-refractivity contribution in [3.05, 3.63) is 84.3 Å². The molecule has 0 aliphatic carbocycles. The molecular weight excluding hydrogens is 392 g/mol. The molecule has 2 aromatic heterocycles. The van der Waals surface area contributed by atoms with Crippen molar-refractivity contribution < 1.29 is 14.3 Å². The molecule has 0 radical (unpaired) electrons. The number of aromatic nitrogens is 3. The first-order valence-electron chi connectivity index (χ1n) is 9.88. The summed E-state index contributed by atoms with van der Waals surface area (Å²) in [6, 6.07) is 17.2. The van der Waals surface area contributed by atoms with E-state index in [0.29, 0.717) is 23.6 Å². The van der Waals surface area contributed by atoms with E-state index < -0.39 is 0 Å². The predicted octanol–water partition coefficient (Wildman–Crippen LogP) is 3.81. The maximum atomic E-state index is 12.5. The first kappa shape index (κ1) is 18.9. The molecule has 4 aromatic rings. The molecule has 0 atom stereocenters. The first-order valence-corrected chi connectivity index (χ1v) is 9.88. The second-order valence-electron chi connectivity index (χ2n) is 7.25. The third-order valence-corrected chi connectivity index (χ3v) is 5.14. The highest BCUT2D eigenvalue weighted by atomic mass is 16.7. The number of fused-ring (bicyclic) bond motifs is 1. The highest BCUT2D eigenvalue weighted by Gasteiger charge is 2.16. The number of carbonyl (C=O) groups is 1. The van der Waals surface area contributed by atoms with Gasteiger partial charge in [-0.2, -0.15) is 5.10 Å². The molecule has 1 N–H and O–H groups in total. The maximum Gasteiger partial charge on any atom is 0.251 e. The van der Waals surface area contributed by atoms with Crippen molar-refractivity contribution in [1.82, 2.24) is 20.1 Å². The lowest BCUT2D eigenvalue weighted by Gasteiger charge is -2.08. The minimum Gasteiger partial charge on any atom is -0.454 e. The molecule has 1 amide bonds. The van der Waals surface area contributed by atoms with Gasteiger partial charge in [0.1, 0.15) is 5.69 Å². The highest BCUT2D eigenvalue weighted by molar-refractivity contribution is 5.94. The van der Waals surface area contributed by atoms with Gasteiger partial charge in [0.05, 0.1) is 0 Å². The molecular formula is C24H20N4O3. The summed E-state index contributed by atoms with van der Waals surface area (Å²) in [7, 11) is 1.91. The Morgan fingerprint density at radius 1 is 1.00 bits per heavy atom. The lowest BCUT2D eigenvalue weighted by Crippen LogP contribution is -2.22. The van der Waals surface area contributed by atoms with E-state index >= 15 is 0 Å². The van der Waals surface area contributed by atoms with Gasteiger partial charge in [-0.25, -0.2) is 0 Å². The molecule has 2 aromatic carbocycles. The molecule has 1 aliphatic rings. The van der Waals surface area contributed by atoms with E-state index in [0.717, 1.165) is 27.9 Å². The number of pyridine rings is 1. The van der Waals surface area contributed by atoms with Crippen molar-refractivity contribution >= 4 is 5.91 Å². The summed E-state index contributed by atoms with van der Waals surface area (Å²) >= 11 is 0. The Morgan fingerprint density at radius 2 is 1.77 bits per heavy atom. The fraction of sp³-hybridized carbons (Fsp3) is 0.125. The summed E-state index contributed by atoms with van der Waals surface area (Å²) in [6.45, 7) is 0.610. The molecule has 0 saturated carbocycles. The number of hydrogen-bond donors (Lipinski definition) is 1. The number of amides is 1. The van der Waals surface area contributed by atoms with Crippen molar-refractivity contribution in [1.29, 1.82) is 0 Å². The molecule has 7 nitrogen and oxygen atoms in total. The van der Waals surface area contributed by atoms with E-state index in [-0.39, 0.29) is 12.7 Å². The van der Waals surface area contributed by atoms with Crippen molar-refractivity contribution in [2.24, 2.45) is 7.05 Å². The summed E-state index contributed by atoms with van der Waals surface area (Å²) in [4.78, 5) is 16.6. The Kier molecular flexibility index (Phi) is 4.84. The fourth-order valence-electron chi connectivity index (χ4n) is 3.55. The average Bonchev–Trinajstić information content (AvgIpc) is 3.44. The van der Waals surface area contributed by atoms with Gasteiger partial charge in [0.25, 0.3) is 5.91 Å². The number of nitrogens with zero attached hydrogens (tertiary/aromatic N) is 3. The van der Waals surface area contributed by atoms with Gasteiger partial charge in [-0.3, -0.25) is 14.5 Å². The Morgan fingerprint density at radius 3 is 2.58 bits per heavy atom. The maximum absolute atomic E-state index is 12.5. The summed E-state index contributed by atoms with van der Waals surface area (Å²) in [6.07, 6.45) is 5.56. The first-order chi connectivity index (χ1) is 15.2. The van der Waals surface area contributed by atoms with Crippen LogP contribution in [0.15, 0.2) is 73.2 Å². The molecule has 5 rings (SSSR count). The van der Waals surface area contributed by atoms with Gasteiger partial charge < -0.3 is 14.8 Å². The van der Waals surface area contributed by atoms with Crippen molar-refractivity contribution in [2.45, 2.75) is 6.54 Å². The summed E-state index contributed by atoms with van der Waals surface area (Å²) in [5.74, 6) is 1.09. The molecule has 31 heavy (non-hydrogen) atoms. The van der Waals surface area contributed by atoms with E-state index in [1.807, 2.05) is 54.3 Å². The topological polar surface area (TPSA) is 78.3 Å². The van der Waals surface area contributed by atoms with Crippen LogP contribution in [0.1, 0.15) is 15.9 Å². The lowest BCUT2D eigenvalue weighted by atomic mass is 10.0. The third kappa shape index (κ3) is 3.85. The molecule has 0 fully saturated rings. The van der Waals surface area contributed by atoms with Crippen LogP contribution in [0.4, 0.5) is 0 Å². The molecule has 0 spiro atoms. The number of ether oxygens (including phenoxy) is 2. The van der Waals surface area contributed by atoms with Crippen LogP contribution in [-0.4, -0.2) is 27.5 Å². The number of aryl methyl sites for hydroxylation is 1. The van der Waals surface area contributed by atoms with Gasteiger partial charge in [0.15, 0.2) is 11.5 Å². The number of rotatable bonds is 5. The zero-order valence-corrected chi connectivity index (χ0v) is 16.9. The van der Waals surface area contributed by atoms with Gasteiger partial charge in [-0.05, 0) is 41.5 Å². The number of nitrogens with one attached hydrogen (secondary N) is 1. The molecule has 154 valence electrons. The van der Waals surface area contributed by atoms with Crippen LogP contribution in [-0.2, 0) is 13.6 Å². The van der Waals surface area contributed by atoms with Crippen LogP contribution in [0.5, 0.6) is 11.5 Å². The number of carbonyl (C=O) groups excluding carboxylic acids is 1. The smallest absolute Gasteiger partial charge is 0.251 e. The number of hydrogen-bond acceptors (Lipinski definition) is 5. The van der Waals surface area contributed by atoms with Crippen molar-refractivity contribution in [3.63, 3.8) is 0 Å². The minimum absolute atomic E-state index is 0.160. The average molecular weight is 412 g/mol. The Hall–Kier alpha value is -4.13. The van der Waals surface area contributed by atoms with Gasteiger partial charge in [0.2, 0.25) is 6.79 Å². The van der Waals surface area contributed by atoms with E-state index in [1.54, 1.807) is 30.6 Å². The molecule has 0 unspecified atom stereocenters. The zero-order chi connectivity index (χ0) is 21.2. The standard InChI is InChI=1S/C24H20N4O3/c1-28-14-20(17-8-10-25-11-9-17)23(27-28)18-4-2-16(3-5-18)13-26-24(29)19-6-7-21-22(12-19)31-15-30-21/h2-12,14H,13,15H2,1H3,(H,26,29). The van der Waals surface area contributed by atoms with Gasteiger partial charge >= 0.3 is 0 Å². The van der Waals surface area contributed by atoms with Gasteiger partial charge in [0, 0.05) is 48.9 Å². The third-order valence-electron chi connectivity index (χ3n) is 5.14. The van der Waals surface area contributed by atoms with Crippen molar-refractivity contribution in [3.8, 4) is 33.9 Å². The Labute approximate surface area is 179 Å². The van der Waals surface area contributed by atoms with E-state index in [9.17, 15) is 4.79 Å².